The van der Waals surface area contributed by atoms with Gasteiger partial charge in [-0.1, -0.05) is 27.2 Å². The van der Waals surface area contributed by atoms with E-state index in [2.05, 4.69) is 42.9 Å². The van der Waals surface area contributed by atoms with Crippen molar-refractivity contribution in [2.45, 2.75) is 59.2 Å². The van der Waals surface area contributed by atoms with Gasteiger partial charge in [0.15, 0.2) is 0 Å². The molecule has 1 aromatic rings. The van der Waals surface area contributed by atoms with Crippen LogP contribution in [0, 0.1) is 12.8 Å². The molecule has 1 fully saturated rings. The SMILES string of the molecule is CCC(C)C1CN(Cc2ncc(C)s2)C(CC)CN1. The minimum Gasteiger partial charge on any atom is -0.311 e. The third kappa shape index (κ3) is 3.77. The Bertz CT molecular complexity index is 390. The zero-order chi connectivity index (χ0) is 13.8. The molecule has 1 aliphatic rings. The van der Waals surface area contributed by atoms with Crippen LogP contribution >= 0.6 is 11.3 Å². The quantitative estimate of drug-likeness (QED) is 0.899. The molecule has 19 heavy (non-hydrogen) atoms. The largest absolute Gasteiger partial charge is 0.311 e. The van der Waals surface area contributed by atoms with Crippen LogP contribution in [0.5, 0.6) is 0 Å². The Labute approximate surface area is 121 Å². The normalized spacial score (nSPS) is 26.5. The first-order chi connectivity index (χ1) is 9.13. The van der Waals surface area contributed by atoms with Gasteiger partial charge in [-0.15, -0.1) is 11.3 Å². The van der Waals surface area contributed by atoms with Crippen molar-refractivity contribution in [2.24, 2.45) is 5.92 Å². The summed E-state index contributed by atoms with van der Waals surface area (Å²) < 4.78 is 0. The number of hydrogen-bond acceptors (Lipinski definition) is 4. The highest BCUT2D eigenvalue weighted by molar-refractivity contribution is 7.11. The van der Waals surface area contributed by atoms with E-state index in [9.17, 15) is 0 Å². The van der Waals surface area contributed by atoms with E-state index in [1.54, 1.807) is 0 Å². The topological polar surface area (TPSA) is 28.2 Å². The maximum Gasteiger partial charge on any atom is 0.107 e. The third-order valence-electron chi connectivity index (χ3n) is 4.37. The first kappa shape index (κ1) is 14.9. The Morgan fingerprint density at radius 3 is 2.89 bits per heavy atom. The molecule has 1 aromatic heterocycles. The summed E-state index contributed by atoms with van der Waals surface area (Å²) in [6.07, 6.45) is 4.46. The molecule has 0 radical (unpaired) electrons. The number of piperazine rings is 1. The second-order valence-corrected chi connectivity index (χ2v) is 7.08. The lowest BCUT2D eigenvalue weighted by Crippen LogP contribution is -2.57. The van der Waals surface area contributed by atoms with Gasteiger partial charge in [-0.25, -0.2) is 4.98 Å². The van der Waals surface area contributed by atoms with Crippen LogP contribution in [0.2, 0.25) is 0 Å². The van der Waals surface area contributed by atoms with Crippen molar-refractivity contribution in [1.82, 2.24) is 15.2 Å². The Kier molecular flexibility index (Phi) is 5.37. The van der Waals surface area contributed by atoms with Crippen LogP contribution in [-0.2, 0) is 6.54 Å². The van der Waals surface area contributed by atoms with Crippen LogP contribution in [0.3, 0.4) is 0 Å². The molecule has 0 amide bonds. The lowest BCUT2D eigenvalue weighted by molar-refractivity contribution is 0.0992. The lowest BCUT2D eigenvalue weighted by atomic mass is 9.95. The van der Waals surface area contributed by atoms with Crippen molar-refractivity contribution in [3.8, 4) is 0 Å². The van der Waals surface area contributed by atoms with Crippen LogP contribution in [0.25, 0.3) is 0 Å². The van der Waals surface area contributed by atoms with Crippen LogP contribution in [0.4, 0.5) is 0 Å². The average molecular weight is 281 g/mol. The van der Waals surface area contributed by atoms with Crippen LogP contribution in [0.1, 0.15) is 43.5 Å². The summed E-state index contributed by atoms with van der Waals surface area (Å²) in [5.41, 5.74) is 0. The summed E-state index contributed by atoms with van der Waals surface area (Å²) in [5.74, 6) is 0.748. The summed E-state index contributed by atoms with van der Waals surface area (Å²) in [5, 5.41) is 5.00. The fraction of sp³-hybridized carbons (Fsp3) is 0.800. The Hall–Kier alpha value is -0.450. The van der Waals surface area contributed by atoms with Gasteiger partial charge in [-0.3, -0.25) is 4.90 Å². The van der Waals surface area contributed by atoms with Crippen LogP contribution < -0.4 is 5.32 Å². The first-order valence-corrected chi connectivity index (χ1v) is 8.34. The molecular weight excluding hydrogens is 254 g/mol. The summed E-state index contributed by atoms with van der Waals surface area (Å²) in [4.78, 5) is 8.47. The van der Waals surface area contributed by atoms with E-state index in [0.717, 1.165) is 25.6 Å². The van der Waals surface area contributed by atoms with Gasteiger partial charge >= 0.3 is 0 Å². The Morgan fingerprint density at radius 2 is 2.32 bits per heavy atom. The number of hydrogen-bond donors (Lipinski definition) is 1. The molecule has 0 saturated carbocycles. The molecule has 0 aliphatic carbocycles. The predicted octanol–water partition coefficient (Wildman–Crippen LogP) is 3.05. The molecule has 1 saturated heterocycles. The molecule has 0 bridgehead atoms. The minimum absolute atomic E-state index is 0.633. The monoisotopic (exact) mass is 281 g/mol. The molecule has 2 heterocycles. The lowest BCUT2D eigenvalue weighted by Gasteiger charge is -2.41. The van der Waals surface area contributed by atoms with Crippen molar-refractivity contribution >= 4 is 11.3 Å². The number of aryl methyl sites for hydroxylation is 1. The van der Waals surface area contributed by atoms with Crippen LogP contribution in [0.15, 0.2) is 6.20 Å². The molecule has 1 N–H and O–H groups in total. The molecule has 3 atom stereocenters. The van der Waals surface area contributed by atoms with E-state index in [1.165, 1.54) is 22.7 Å². The van der Waals surface area contributed by atoms with Gasteiger partial charge in [0.1, 0.15) is 5.01 Å². The zero-order valence-electron chi connectivity index (χ0n) is 12.6. The molecular formula is C15H27N3S. The summed E-state index contributed by atoms with van der Waals surface area (Å²) in [6.45, 7) is 12.4. The average Bonchev–Trinajstić information content (AvgIpc) is 2.83. The van der Waals surface area contributed by atoms with E-state index < -0.39 is 0 Å². The molecule has 3 nitrogen and oxygen atoms in total. The maximum absolute atomic E-state index is 4.53. The van der Waals surface area contributed by atoms with Gasteiger partial charge in [0.05, 0.1) is 6.54 Å². The first-order valence-electron chi connectivity index (χ1n) is 7.52. The van der Waals surface area contributed by atoms with Gasteiger partial charge in [-0.05, 0) is 19.3 Å². The van der Waals surface area contributed by atoms with E-state index in [0.29, 0.717) is 12.1 Å². The van der Waals surface area contributed by atoms with Gasteiger partial charge in [0.25, 0.3) is 0 Å². The highest BCUT2D eigenvalue weighted by atomic mass is 32.1. The number of nitrogens with zero attached hydrogens (tertiary/aromatic N) is 2. The number of nitrogens with one attached hydrogen (secondary N) is 1. The second kappa shape index (κ2) is 6.82. The molecule has 1 aliphatic heterocycles. The van der Waals surface area contributed by atoms with Gasteiger partial charge in [-0.2, -0.15) is 0 Å². The highest BCUT2D eigenvalue weighted by Crippen LogP contribution is 2.21. The van der Waals surface area contributed by atoms with Crippen LogP contribution in [-0.4, -0.2) is 35.1 Å². The fourth-order valence-electron chi connectivity index (χ4n) is 2.79. The van der Waals surface area contributed by atoms with Crippen molar-refractivity contribution in [2.75, 3.05) is 13.1 Å². The zero-order valence-corrected chi connectivity index (χ0v) is 13.5. The predicted molar refractivity (Wildman–Crippen MR) is 82.6 cm³/mol. The molecule has 0 spiro atoms. The van der Waals surface area contributed by atoms with E-state index >= 15 is 0 Å². The summed E-state index contributed by atoms with van der Waals surface area (Å²) in [6, 6.07) is 1.29. The van der Waals surface area contributed by atoms with Gasteiger partial charge in [0, 0.05) is 36.2 Å². The van der Waals surface area contributed by atoms with Crippen molar-refractivity contribution < 1.29 is 0 Å². The Balaban J connectivity index is 2.01. The number of aromatic nitrogens is 1. The molecule has 108 valence electrons. The number of rotatable bonds is 5. The highest BCUT2D eigenvalue weighted by Gasteiger charge is 2.29. The maximum atomic E-state index is 4.53. The third-order valence-corrected chi connectivity index (χ3v) is 5.27. The molecule has 3 unspecified atom stereocenters. The van der Waals surface area contributed by atoms with Gasteiger partial charge < -0.3 is 5.32 Å². The van der Waals surface area contributed by atoms with E-state index in [1.807, 2.05) is 17.5 Å². The summed E-state index contributed by atoms with van der Waals surface area (Å²) >= 11 is 1.84. The molecule has 0 aromatic carbocycles. The molecule has 4 heteroatoms. The standard InChI is InChI=1S/C15H27N3S/c1-5-11(3)14-9-18(13(6-2)8-16-14)10-15-17-7-12(4)19-15/h7,11,13-14,16H,5-6,8-10H2,1-4H3. The van der Waals surface area contributed by atoms with E-state index in [-0.39, 0.29) is 0 Å². The number of thiazole rings is 1. The van der Waals surface area contributed by atoms with E-state index in [4.69, 9.17) is 0 Å². The van der Waals surface area contributed by atoms with Crippen molar-refractivity contribution in [3.05, 3.63) is 16.1 Å². The molecule has 2 rings (SSSR count). The minimum atomic E-state index is 0.633. The second-order valence-electron chi connectivity index (χ2n) is 5.76. The fourth-order valence-corrected chi connectivity index (χ4v) is 3.61. The Morgan fingerprint density at radius 1 is 1.53 bits per heavy atom. The van der Waals surface area contributed by atoms with Gasteiger partial charge in [0.2, 0.25) is 0 Å². The van der Waals surface area contributed by atoms with Crippen molar-refractivity contribution in [3.63, 3.8) is 0 Å². The summed E-state index contributed by atoms with van der Waals surface area (Å²) in [7, 11) is 0. The smallest absolute Gasteiger partial charge is 0.107 e. The van der Waals surface area contributed by atoms with Crippen molar-refractivity contribution in [1.29, 1.82) is 0 Å².